The molecule has 0 saturated carbocycles. The van der Waals surface area contributed by atoms with E-state index >= 15 is 0 Å². The third-order valence-electron chi connectivity index (χ3n) is 1.86. The van der Waals surface area contributed by atoms with Crippen LogP contribution in [0, 0.1) is 5.92 Å². The van der Waals surface area contributed by atoms with Crippen LogP contribution in [0.2, 0.25) is 0 Å². The van der Waals surface area contributed by atoms with Crippen LogP contribution in [0.25, 0.3) is 0 Å². The summed E-state index contributed by atoms with van der Waals surface area (Å²) < 4.78 is 4.83. The molecule has 0 spiro atoms. The van der Waals surface area contributed by atoms with E-state index in [1.807, 2.05) is 0 Å². The number of carbonyl (C=O) groups is 3. The standard InChI is InChI=1S/C9H12Cl2O4/c1-3-6(9(11)14)7(4-8(10)13)15-5(2)12/h6-7H,3-4H2,1-2H3. The molecule has 0 amide bonds. The van der Waals surface area contributed by atoms with E-state index in [1.54, 1.807) is 6.92 Å². The van der Waals surface area contributed by atoms with E-state index in [0.29, 0.717) is 6.42 Å². The quantitative estimate of drug-likeness (QED) is 0.537. The molecular weight excluding hydrogens is 243 g/mol. The van der Waals surface area contributed by atoms with Gasteiger partial charge in [0.1, 0.15) is 6.10 Å². The van der Waals surface area contributed by atoms with Crippen molar-refractivity contribution in [2.75, 3.05) is 0 Å². The first-order valence-electron chi connectivity index (χ1n) is 4.43. The van der Waals surface area contributed by atoms with E-state index in [9.17, 15) is 14.4 Å². The number of carbonyl (C=O) groups excluding carboxylic acids is 3. The Labute approximate surface area is 97.9 Å². The maximum absolute atomic E-state index is 11.0. The SMILES string of the molecule is CCC(C(=O)Cl)C(CC(=O)Cl)OC(C)=O. The Morgan fingerprint density at radius 1 is 1.27 bits per heavy atom. The Morgan fingerprint density at radius 2 is 1.80 bits per heavy atom. The zero-order valence-corrected chi connectivity index (χ0v) is 9.97. The highest BCUT2D eigenvalue weighted by Gasteiger charge is 2.29. The molecule has 6 heteroatoms. The lowest BCUT2D eigenvalue weighted by atomic mass is 9.98. The van der Waals surface area contributed by atoms with Crippen LogP contribution in [-0.2, 0) is 19.1 Å². The lowest BCUT2D eigenvalue weighted by Crippen LogP contribution is -2.31. The molecule has 0 radical (unpaired) electrons. The lowest BCUT2D eigenvalue weighted by molar-refractivity contribution is -0.151. The first kappa shape index (κ1) is 14.4. The van der Waals surface area contributed by atoms with Gasteiger partial charge >= 0.3 is 5.97 Å². The van der Waals surface area contributed by atoms with Crippen molar-refractivity contribution in [2.24, 2.45) is 5.92 Å². The molecule has 0 aliphatic rings. The molecule has 0 N–H and O–H groups in total. The van der Waals surface area contributed by atoms with E-state index in [1.165, 1.54) is 6.92 Å². The molecule has 0 rings (SSSR count). The van der Waals surface area contributed by atoms with Crippen molar-refractivity contribution in [3.05, 3.63) is 0 Å². The molecule has 0 aliphatic carbocycles. The highest BCUT2D eigenvalue weighted by Crippen LogP contribution is 2.20. The molecule has 0 aromatic heterocycles. The lowest BCUT2D eigenvalue weighted by Gasteiger charge is -2.21. The average Bonchev–Trinajstić information content (AvgIpc) is 2.01. The van der Waals surface area contributed by atoms with E-state index in [-0.39, 0.29) is 6.42 Å². The molecule has 0 aromatic rings. The predicted octanol–water partition coefficient (Wildman–Crippen LogP) is 1.87. The van der Waals surface area contributed by atoms with Crippen molar-refractivity contribution in [3.8, 4) is 0 Å². The Morgan fingerprint density at radius 3 is 2.07 bits per heavy atom. The second-order valence-electron chi connectivity index (χ2n) is 3.03. The molecule has 2 unspecified atom stereocenters. The molecular formula is C9H12Cl2O4. The molecule has 0 aromatic carbocycles. The van der Waals surface area contributed by atoms with Gasteiger partial charge < -0.3 is 4.74 Å². The Kier molecular flexibility index (Phi) is 6.52. The first-order valence-corrected chi connectivity index (χ1v) is 5.19. The topological polar surface area (TPSA) is 60.4 Å². The summed E-state index contributed by atoms with van der Waals surface area (Å²) in [5, 5.41) is -1.31. The van der Waals surface area contributed by atoms with Gasteiger partial charge in [-0.15, -0.1) is 0 Å². The number of esters is 1. The van der Waals surface area contributed by atoms with Crippen molar-refractivity contribution >= 4 is 39.7 Å². The number of hydrogen-bond acceptors (Lipinski definition) is 4. The summed E-state index contributed by atoms with van der Waals surface area (Å²) in [6.45, 7) is 2.90. The molecule has 4 nitrogen and oxygen atoms in total. The molecule has 2 atom stereocenters. The maximum Gasteiger partial charge on any atom is 0.302 e. The molecule has 0 fully saturated rings. The fourth-order valence-electron chi connectivity index (χ4n) is 1.21. The normalized spacial score (nSPS) is 14.1. The summed E-state index contributed by atoms with van der Waals surface area (Å²) in [6, 6.07) is 0. The number of halogens is 2. The average molecular weight is 255 g/mol. The van der Waals surface area contributed by atoms with Gasteiger partial charge in [0, 0.05) is 6.92 Å². The van der Waals surface area contributed by atoms with E-state index in [4.69, 9.17) is 27.9 Å². The van der Waals surface area contributed by atoms with Gasteiger partial charge in [-0.05, 0) is 29.6 Å². The van der Waals surface area contributed by atoms with Crippen LogP contribution >= 0.6 is 23.2 Å². The van der Waals surface area contributed by atoms with E-state index in [0.717, 1.165) is 0 Å². The van der Waals surface area contributed by atoms with Crippen molar-refractivity contribution in [3.63, 3.8) is 0 Å². The Bertz CT molecular complexity index is 249. The summed E-state index contributed by atoms with van der Waals surface area (Å²) in [5.74, 6) is -1.27. The van der Waals surface area contributed by atoms with Crippen LogP contribution in [0.1, 0.15) is 26.7 Å². The van der Waals surface area contributed by atoms with E-state index < -0.39 is 28.5 Å². The summed E-state index contributed by atoms with van der Waals surface area (Å²) in [5.41, 5.74) is 0. The first-order chi connectivity index (χ1) is 6.88. The monoisotopic (exact) mass is 254 g/mol. The van der Waals surface area contributed by atoms with Gasteiger partial charge in [0.05, 0.1) is 12.3 Å². The molecule has 0 saturated heterocycles. The third kappa shape index (κ3) is 5.74. The van der Waals surface area contributed by atoms with Crippen molar-refractivity contribution in [1.82, 2.24) is 0 Å². The zero-order valence-electron chi connectivity index (χ0n) is 8.46. The van der Waals surface area contributed by atoms with Gasteiger partial charge in [0.2, 0.25) is 10.5 Å². The molecule has 86 valence electrons. The minimum Gasteiger partial charge on any atom is -0.461 e. The smallest absolute Gasteiger partial charge is 0.302 e. The summed E-state index contributed by atoms with van der Waals surface area (Å²) in [6.07, 6.45) is -0.703. The van der Waals surface area contributed by atoms with Crippen molar-refractivity contribution < 1.29 is 19.1 Å². The number of hydrogen-bond donors (Lipinski definition) is 0. The van der Waals surface area contributed by atoms with Gasteiger partial charge in [-0.25, -0.2) is 0 Å². The van der Waals surface area contributed by atoms with Gasteiger partial charge in [-0.2, -0.15) is 0 Å². The van der Waals surface area contributed by atoms with Crippen LogP contribution in [0.4, 0.5) is 0 Å². The summed E-state index contributed by atoms with van der Waals surface area (Å²) in [7, 11) is 0. The second kappa shape index (κ2) is 6.80. The minimum absolute atomic E-state index is 0.210. The van der Waals surface area contributed by atoms with Gasteiger partial charge in [-0.1, -0.05) is 6.92 Å². The Balaban J connectivity index is 4.64. The highest BCUT2D eigenvalue weighted by molar-refractivity contribution is 6.64. The minimum atomic E-state index is -0.873. The van der Waals surface area contributed by atoms with Gasteiger partial charge in [0.15, 0.2) is 0 Å². The van der Waals surface area contributed by atoms with Crippen molar-refractivity contribution in [2.45, 2.75) is 32.8 Å². The van der Waals surface area contributed by atoms with Gasteiger partial charge in [-0.3, -0.25) is 14.4 Å². The Hall–Kier alpha value is -0.610. The van der Waals surface area contributed by atoms with Crippen LogP contribution in [-0.4, -0.2) is 22.6 Å². The van der Waals surface area contributed by atoms with Crippen LogP contribution in [0.3, 0.4) is 0 Å². The molecule has 15 heavy (non-hydrogen) atoms. The molecule has 0 aliphatic heterocycles. The number of ether oxygens (including phenoxy) is 1. The van der Waals surface area contributed by atoms with Crippen LogP contribution in [0.15, 0.2) is 0 Å². The predicted molar refractivity (Wildman–Crippen MR) is 55.7 cm³/mol. The third-order valence-corrected chi connectivity index (χ3v) is 2.29. The van der Waals surface area contributed by atoms with Gasteiger partial charge in [0.25, 0.3) is 0 Å². The molecule has 0 bridgehead atoms. The van der Waals surface area contributed by atoms with Crippen LogP contribution in [0.5, 0.6) is 0 Å². The largest absolute Gasteiger partial charge is 0.461 e. The van der Waals surface area contributed by atoms with E-state index in [2.05, 4.69) is 0 Å². The summed E-state index contributed by atoms with van der Waals surface area (Å²) >= 11 is 10.5. The molecule has 0 heterocycles. The summed E-state index contributed by atoms with van der Waals surface area (Å²) in [4.78, 5) is 32.4. The number of rotatable bonds is 6. The fourth-order valence-corrected chi connectivity index (χ4v) is 1.65. The zero-order chi connectivity index (χ0) is 12.0. The fraction of sp³-hybridized carbons (Fsp3) is 0.667. The van der Waals surface area contributed by atoms with Crippen molar-refractivity contribution in [1.29, 1.82) is 0 Å². The highest BCUT2D eigenvalue weighted by atomic mass is 35.5. The van der Waals surface area contributed by atoms with Crippen LogP contribution < -0.4 is 0 Å². The maximum atomic E-state index is 11.0. The second-order valence-corrected chi connectivity index (χ2v) is 3.82.